The lowest BCUT2D eigenvalue weighted by Gasteiger charge is -2.25. The van der Waals surface area contributed by atoms with Crippen LogP contribution in [0.2, 0.25) is 0 Å². The van der Waals surface area contributed by atoms with Gasteiger partial charge in [0.25, 0.3) is 0 Å². The Labute approximate surface area is 165 Å². The second-order valence-corrected chi connectivity index (χ2v) is 7.10. The minimum Gasteiger partial charge on any atom is -0.337 e. The zero-order valence-electron chi connectivity index (χ0n) is 16.4. The summed E-state index contributed by atoms with van der Waals surface area (Å²) in [7, 11) is 4.00. The number of likely N-dealkylation sites (N-methyl/N-ethyl adjacent to an activating group) is 1. The second-order valence-electron chi connectivity index (χ2n) is 7.10. The molecule has 3 rings (SSSR count). The number of rotatable bonds is 8. The summed E-state index contributed by atoms with van der Waals surface area (Å²) in [5.41, 5.74) is 1.77. The fourth-order valence-electron chi connectivity index (χ4n) is 3.12. The third kappa shape index (κ3) is 5.04. The molecule has 0 unspecified atom stereocenters. The van der Waals surface area contributed by atoms with E-state index in [4.69, 9.17) is 0 Å². The van der Waals surface area contributed by atoms with Gasteiger partial charge in [0.15, 0.2) is 0 Å². The van der Waals surface area contributed by atoms with E-state index in [9.17, 15) is 9.59 Å². The van der Waals surface area contributed by atoms with Crippen molar-refractivity contribution in [1.82, 2.24) is 19.6 Å². The maximum absolute atomic E-state index is 12.9. The smallest absolute Gasteiger partial charge is 0.224 e. The zero-order valence-corrected chi connectivity index (χ0v) is 16.4. The predicted molar refractivity (Wildman–Crippen MR) is 111 cm³/mol. The van der Waals surface area contributed by atoms with E-state index in [0.717, 1.165) is 17.6 Å². The number of hydrogen-bond acceptors (Lipinski definition) is 4. The number of benzene rings is 2. The number of para-hydroxylation sites is 1. The lowest BCUT2D eigenvalue weighted by molar-refractivity contribution is -0.132. The Hall–Kier alpha value is -2.99. The molecule has 6 heteroatoms. The first-order chi connectivity index (χ1) is 13.5. The van der Waals surface area contributed by atoms with Crippen LogP contribution in [0.1, 0.15) is 12.0 Å². The van der Waals surface area contributed by atoms with Crippen LogP contribution >= 0.6 is 0 Å². The first-order valence-corrected chi connectivity index (χ1v) is 9.46. The van der Waals surface area contributed by atoms with E-state index in [1.807, 2.05) is 67.5 Å². The van der Waals surface area contributed by atoms with E-state index >= 15 is 0 Å². The van der Waals surface area contributed by atoms with Crippen molar-refractivity contribution in [2.45, 2.75) is 19.5 Å². The Morgan fingerprint density at radius 1 is 1.00 bits per heavy atom. The van der Waals surface area contributed by atoms with Gasteiger partial charge in [-0.25, -0.2) is 0 Å². The predicted octanol–water partition coefficient (Wildman–Crippen LogP) is 2.38. The molecule has 0 radical (unpaired) electrons. The van der Waals surface area contributed by atoms with Crippen LogP contribution in [0.4, 0.5) is 0 Å². The fraction of sp³-hybridized carbons (Fsp3) is 0.318. The molecule has 0 atom stereocenters. The van der Waals surface area contributed by atoms with E-state index in [2.05, 4.69) is 10.00 Å². The van der Waals surface area contributed by atoms with E-state index in [1.54, 1.807) is 10.7 Å². The largest absolute Gasteiger partial charge is 0.337 e. The van der Waals surface area contributed by atoms with Crippen LogP contribution in [0.25, 0.3) is 10.9 Å². The molecule has 0 aliphatic heterocycles. The highest BCUT2D eigenvalue weighted by Crippen LogP contribution is 2.10. The molecule has 1 heterocycles. The summed E-state index contributed by atoms with van der Waals surface area (Å²) in [5, 5.41) is 4.84. The highest BCUT2D eigenvalue weighted by Gasteiger charge is 2.15. The Kier molecular flexibility index (Phi) is 6.55. The molecule has 2 aromatic carbocycles. The lowest BCUT2D eigenvalue weighted by Crippen LogP contribution is -2.36. The Balaban J connectivity index is 1.73. The molecule has 0 fully saturated rings. The lowest BCUT2D eigenvalue weighted by atomic mass is 10.2. The normalized spacial score (nSPS) is 11.1. The number of carbonyl (C=O) groups excluding carboxylic acids is 1. The second kappa shape index (κ2) is 9.28. The van der Waals surface area contributed by atoms with Gasteiger partial charge in [0.2, 0.25) is 11.3 Å². The third-order valence-corrected chi connectivity index (χ3v) is 4.69. The van der Waals surface area contributed by atoms with Crippen LogP contribution in [-0.2, 0) is 17.9 Å². The van der Waals surface area contributed by atoms with E-state index < -0.39 is 0 Å². The summed E-state index contributed by atoms with van der Waals surface area (Å²) in [6, 6.07) is 17.4. The molecule has 0 bridgehead atoms. The van der Waals surface area contributed by atoms with Crippen LogP contribution in [-0.4, -0.2) is 52.7 Å². The van der Waals surface area contributed by atoms with Crippen LogP contribution in [0.5, 0.6) is 0 Å². The van der Waals surface area contributed by atoms with Gasteiger partial charge < -0.3 is 9.80 Å². The molecule has 28 heavy (non-hydrogen) atoms. The number of amides is 1. The van der Waals surface area contributed by atoms with Gasteiger partial charge in [0, 0.05) is 31.4 Å². The number of aryl methyl sites for hydroxylation is 1. The summed E-state index contributed by atoms with van der Waals surface area (Å²) < 4.78 is 1.74. The SMILES string of the molecule is CN(C)CCN(Cc1ccccc1)C(=O)CCn1ncc(=O)c2ccccc21. The molecule has 0 spiro atoms. The van der Waals surface area contributed by atoms with Crippen molar-refractivity contribution >= 4 is 16.8 Å². The molecule has 1 amide bonds. The summed E-state index contributed by atoms with van der Waals surface area (Å²) in [6.45, 7) is 2.50. The molecule has 0 N–H and O–H groups in total. The van der Waals surface area contributed by atoms with Gasteiger partial charge in [-0.2, -0.15) is 5.10 Å². The minimum absolute atomic E-state index is 0.0790. The van der Waals surface area contributed by atoms with Crippen LogP contribution in [0.3, 0.4) is 0 Å². The molecule has 146 valence electrons. The molecule has 1 aromatic heterocycles. The van der Waals surface area contributed by atoms with Gasteiger partial charge in [0.05, 0.1) is 18.3 Å². The van der Waals surface area contributed by atoms with Gasteiger partial charge in [-0.1, -0.05) is 42.5 Å². The summed E-state index contributed by atoms with van der Waals surface area (Å²) >= 11 is 0. The number of aromatic nitrogens is 2. The maximum Gasteiger partial charge on any atom is 0.224 e. The molecule has 0 aliphatic carbocycles. The number of fused-ring (bicyclic) bond motifs is 1. The van der Waals surface area contributed by atoms with Crippen molar-refractivity contribution < 1.29 is 4.79 Å². The van der Waals surface area contributed by atoms with Crippen LogP contribution < -0.4 is 5.43 Å². The Bertz CT molecular complexity index is 982. The van der Waals surface area contributed by atoms with Crippen molar-refractivity contribution in [3.05, 3.63) is 76.6 Å². The van der Waals surface area contributed by atoms with Gasteiger partial charge in [-0.15, -0.1) is 0 Å². The molecule has 0 saturated heterocycles. The topological polar surface area (TPSA) is 58.4 Å². The van der Waals surface area contributed by atoms with Crippen molar-refractivity contribution in [1.29, 1.82) is 0 Å². The average molecular weight is 378 g/mol. The van der Waals surface area contributed by atoms with Gasteiger partial charge in [0.1, 0.15) is 0 Å². The van der Waals surface area contributed by atoms with Gasteiger partial charge in [-0.05, 0) is 31.8 Å². The monoisotopic (exact) mass is 378 g/mol. The molecule has 0 saturated carbocycles. The molecule has 0 aliphatic rings. The Morgan fingerprint density at radius 3 is 2.46 bits per heavy atom. The number of carbonyl (C=O) groups is 1. The average Bonchev–Trinajstić information content (AvgIpc) is 2.71. The standard InChI is InChI=1S/C22H26N4O2/c1-24(2)14-15-25(17-18-8-4-3-5-9-18)22(28)12-13-26-20-11-7-6-10-19(20)21(27)16-23-26/h3-11,16H,12-15,17H2,1-2H3. The van der Waals surface area contributed by atoms with Crippen molar-refractivity contribution in [3.8, 4) is 0 Å². The summed E-state index contributed by atoms with van der Waals surface area (Å²) in [5.74, 6) is 0.0790. The maximum atomic E-state index is 12.9. The molecular weight excluding hydrogens is 352 g/mol. The van der Waals surface area contributed by atoms with Crippen molar-refractivity contribution in [2.24, 2.45) is 0 Å². The fourth-order valence-corrected chi connectivity index (χ4v) is 3.12. The number of nitrogens with zero attached hydrogens (tertiary/aromatic N) is 4. The van der Waals surface area contributed by atoms with E-state index in [-0.39, 0.29) is 11.3 Å². The van der Waals surface area contributed by atoms with Crippen molar-refractivity contribution in [3.63, 3.8) is 0 Å². The van der Waals surface area contributed by atoms with Gasteiger partial charge >= 0.3 is 0 Å². The van der Waals surface area contributed by atoms with E-state index in [0.29, 0.717) is 31.4 Å². The van der Waals surface area contributed by atoms with Crippen molar-refractivity contribution in [2.75, 3.05) is 27.2 Å². The van der Waals surface area contributed by atoms with Crippen LogP contribution in [0, 0.1) is 0 Å². The third-order valence-electron chi connectivity index (χ3n) is 4.69. The minimum atomic E-state index is -0.102. The van der Waals surface area contributed by atoms with E-state index in [1.165, 1.54) is 6.20 Å². The number of hydrogen-bond donors (Lipinski definition) is 0. The molecule has 6 nitrogen and oxygen atoms in total. The highest BCUT2D eigenvalue weighted by molar-refractivity contribution is 5.79. The van der Waals surface area contributed by atoms with Gasteiger partial charge in [-0.3, -0.25) is 14.3 Å². The first kappa shape index (κ1) is 19.8. The molecular formula is C22H26N4O2. The highest BCUT2D eigenvalue weighted by atomic mass is 16.2. The van der Waals surface area contributed by atoms with Crippen LogP contribution in [0.15, 0.2) is 65.6 Å². The zero-order chi connectivity index (χ0) is 19.9. The summed E-state index contributed by atoms with van der Waals surface area (Å²) in [4.78, 5) is 28.9. The molecule has 3 aromatic rings. The Morgan fingerprint density at radius 2 is 1.71 bits per heavy atom. The first-order valence-electron chi connectivity index (χ1n) is 9.46. The summed E-state index contributed by atoms with van der Waals surface area (Å²) in [6.07, 6.45) is 1.65. The quantitative estimate of drug-likeness (QED) is 0.604.